The molecule has 0 saturated carbocycles. The van der Waals surface area contributed by atoms with Crippen molar-refractivity contribution < 1.29 is 49.4 Å². The summed E-state index contributed by atoms with van der Waals surface area (Å²) in [5.41, 5.74) is -12.8. The number of Topliss-reactive ketones (excluding diaryl/α,β-unsaturated/α-hetero) is 4. The van der Waals surface area contributed by atoms with Crippen LogP contribution in [0.1, 0.15) is 83.1 Å². The van der Waals surface area contributed by atoms with Gasteiger partial charge in [0.15, 0.2) is 29.1 Å². The highest BCUT2D eigenvalue weighted by Gasteiger charge is 2.84. The third-order valence-electron chi connectivity index (χ3n) is 6.47. The van der Waals surface area contributed by atoms with E-state index < -0.39 is 80.1 Å². The zero-order chi connectivity index (χ0) is 29.2. The zero-order valence-electron chi connectivity index (χ0n) is 23.5. The molecule has 0 amide bonds. The smallest absolute Gasteiger partial charge is 0.268 e. The molecule has 0 bridgehead atoms. The normalized spacial score (nSPS) is 31.6. The average Bonchev–Trinajstić information content (AvgIpc) is 2.87. The maximum absolute atomic E-state index is 13.7. The summed E-state index contributed by atoms with van der Waals surface area (Å²) in [5.74, 6) is -8.95. The van der Waals surface area contributed by atoms with Gasteiger partial charge in [0.2, 0.25) is 11.4 Å². The summed E-state index contributed by atoms with van der Waals surface area (Å²) in [4.78, 5) is 54.5. The summed E-state index contributed by atoms with van der Waals surface area (Å²) >= 11 is 0. The summed E-state index contributed by atoms with van der Waals surface area (Å²) in [5, 5.41) is 56.9. The molecule has 5 N–H and O–H groups in total. The Morgan fingerprint density at radius 2 is 1.03 bits per heavy atom. The van der Waals surface area contributed by atoms with E-state index in [1.165, 1.54) is 83.1 Å². The molecule has 0 aromatic rings. The Morgan fingerprint density at radius 1 is 0.667 bits per heavy atom. The van der Waals surface area contributed by atoms with E-state index in [0.717, 1.165) is 0 Å². The number of ketones is 4. The second-order valence-corrected chi connectivity index (χ2v) is 14.0. The average molecular weight is 517 g/mol. The van der Waals surface area contributed by atoms with Crippen molar-refractivity contribution in [1.82, 2.24) is 0 Å². The monoisotopic (exact) mass is 516 g/mol. The molecule has 1 rings (SSSR count). The van der Waals surface area contributed by atoms with Gasteiger partial charge in [-0.05, 0) is 5.41 Å². The van der Waals surface area contributed by atoms with Crippen LogP contribution in [0.4, 0.5) is 0 Å². The SMILES string of the molecule is CC(C)(C)C(=O)[C@]1(O)[C@](O)(C(=O)C(C)(C)C)O[C@@H](C(=O)C(O)C(O)C(C)(C)C)[C@@]1(O)C(=O)C(C)(C)C. The van der Waals surface area contributed by atoms with Gasteiger partial charge in [0, 0.05) is 16.2 Å². The van der Waals surface area contributed by atoms with Gasteiger partial charge in [-0.3, -0.25) is 19.2 Å². The second kappa shape index (κ2) is 9.03. The highest BCUT2D eigenvalue weighted by molar-refractivity contribution is 6.13. The van der Waals surface area contributed by atoms with E-state index in [-0.39, 0.29) is 0 Å². The van der Waals surface area contributed by atoms with Crippen LogP contribution < -0.4 is 0 Å². The third kappa shape index (κ3) is 4.83. The van der Waals surface area contributed by atoms with Gasteiger partial charge in [-0.25, -0.2) is 0 Å². The lowest BCUT2D eigenvalue weighted by atomic mass is 9.60. The number of hydrogen-bond donors (Lipinski definition) is 5. The quantitative estimate of drug-likeness (QED) is 0.338. The molecule has 1 heterocycles. The molecule has 0 spiro atoms. The molecule has 0 aromatic heterocycles. The van der Waals surface area contributed by atoms with Gasteiger partial charge in [-0.15, -0.1) is 0 Å². The van der Waals surface area contributed by atoms with E-state index in [9.17, 15) is 44.7 Å². The Morgan fingerprint density at radius 3 is 1.33 bits per heavy atom. The minimum absolute atomic E-state index is 1.06. The Kier molecular flexibility index (Phi) is 8.14. The summed E-state index contributed by atoms with van der Waals surface area (Å²) in [6, 6.07) is 0. The predicted molar refractivity (Wildman–Crippen MR) is 130 cm³/mol. The number of carbonyl (C=O) groups is 4. The molecule has 208 valence electrons. The first-order valence-corrected chi connectivity index (χ1v) is 11.9. The van der Waals surface area contributed by atoms with Crippen molar-refractivity contribution in [3.63, 3.8) is 0 Å². The Bertz CT molecular complexity index is 926. The molecule has 10 nitrogen and oxygen atoms in total. The molecule has 36 heavy (non-hydrogen) atoms. The molecule has 10 heteroatoms. The van der Waals surface area contributed by atoms with Gasteiger partial charge in [-0.2, -0.15) is 0 Å². The van der Waals surface area contributed by atoms with E-state index >= 15 is 0 Å². The van der Waals surface area contributed by atoms with Crippen molar-refractivity contribution in [2.24, 2.45) is 21.7 Å². The first-order valence-electron chi connectivity index (χ1n) is 11.9. The van der Waals surface area contributed by atoms with Gasteiger partial charge in [-0.1, -0.05) is 83.1 Å². The van der Waals surface area contributed by atoms with Crippen molar-refractivity contribution in [2.75, 3.05) is 0 Å². The summed E-state index contributed by atoms with van der Waals surface area (Å²) in [7, 11) is 0. The molecule has 1 aliphatic rings. The molecular formula is C26H44O10. The van der Waals surface area contributed by atoms with Crippen molar-refractivity contribution in [2.45, 2.75) is 118 Å². The molecule has 0 radical (unpaired) electrons. The minimum atomic E-state index is -3.65. The maximum Gasteiger partial charge on any atom is 0.268 e. The van der Waals surface area contributed by atoms with E-state index in [1.54, 1.807) is 0 Å². The van der Waals surface area contributed by atoms with Crippen LogP contribution in [0.3, 0.4) is 0 Å². The molecule has 1 saturated heterocycles. The fraction of sp³-hybridized carbons (Fsp3) is 0.846. The summed E-state index contributed by atoms with van der Waals surface area (Å²) in [6.07, 6.45) is -6.58. The molecule has 1 aliphatic heterocycles. The van der Waals surface area contributed by atoms with Crippen molar-refractivity contribution >= 4 is 23.1 Å². The molecule has 1 fully saturated rings. The summed E-state index contributed by atoms with van der Waals surface area (Å²) < 4.78 is 5.39. The molecule has 6 atom stereocenters. The lowest BCUT2D eigenvalue weighted by molar-refractivity contribution is -0.258. The van der Waals surface area contributed by atoms with Crippen LogP contribution in [0.25, 0.3) is 0 Å². The molecule has 2 unspecified atom stereocenters. The first kappa shape index (κ1) is 32.5. The number of ether oxygens (including phenoxy) is 1. The number of rotatable bonds is 6. The molecule has 0 aliphatic carbocycles. The zero-order valence-corrected chi connectivity index (χ0v) is 23.5. The van der Waals surface area contributed by atoms with E-state index in [2.05, 4.69) is 0 Å². The fourth-order valence-electron chi connectivity index (χ4n) is 4.29. The number of hydrogen-bond acceptors (Lipinski definition) is 10. The first-order chi connectivity index (χ1) is 15.5. The van der Waals surface area contributed by atoms with Crippen LogP contribution in [0.15, 0.2) is 0 Å². The van der Waals surface area contributed by atoms with E-state index in [0.29, 0.717) is 0 Å². The minimum Gasteiger partial charge on any atom is -0.389 e. The fourth-order valence-corrected chi connectivity index (χ4v) is 4.29. The number of aliphatic hydroxyl groups is 5. The summed E-state index contributed by atoms with van der Waals surface area (Å²) in [6.45, 7) is 16.5. The van der Waals surface area contributed by atoms with Gasteiger partial charge in [0.05, 0.1) is 6.10 Å². The van der Waals surface area contributed by atoms with Crippen LogP contribution >= 0.6 is 0 Å². The topological polar surface area (TPSA) is 179 Å². The van der Waals surface area contributed by atoms with Crippen LogP contribution in [-0.4, -0.2) is 84.0 Å². The van der Waals surface area contributed by atoms with Crippen LogP contribution in [0.5, 0.6) is 0 Å². The van der Waals surface area contributed by atoms with Crippen LogP contribution in [-0.2, 0) is 23.9 Å². The highest BCUT2D eigenvalue weighted by Crippen LogP contribution is 2.54. The maximum atomic E-state index is 13.7. The highest BCUT2D eigenvalue weighted by atomic mass is 16.7. The Hall–Kier alpha value is -1.56. The number of aliphatic hydroxyl groups excluding tert-OH is 2. The third-order valence-corrected chi connectivity index (χ3v) is 6.47. The Labute approximate surface area is 213 Å². The lowest BCUT2D eigenvalue weighted by Gasteiger charge is -2.46. The number of carbonyl (C=O) groups excluding carboxylic acids is 4. The van der Waals surface area contributed by atoms with Crippen LogP contribution in [0.2, 0.25) is 0 Å². The van der Waals surface area contributed by atoms with Crippen molar-refractivity contribution in [3.05, 3.63) is 0 Å². The molecular weight excluding hydrogens is 472 g/mol. The predicted octanol–water partition coefficient (Wildman–Crippen LogP) is 0.719. The lowest BCUT2D eigenvalue weighted by Crippen LogP contribution is -2.77. The van der Waals surface area contributed by atoms with Gasteiger partial charge in [0.1, 0.15) is 6.10 Å². The largest absolute Gasteiger partial charge is 0.389 e. The standard InChI is InChI=1S/C26H44O10/c1-20(2,3)15(29)13(27)14(28)16-24(33,17(30)21(4,5)6)25(34,18(31)22(7,8)9)26(35,36-16)19(32)23(10,11)12/h13,15-16,27,29,33-35H,1-12H3/t13?,15?,16-,24+,25+,26-/m0/s1. The van der Waals surface area contributed by atoms with Crippen LogP contribution in [0, 0.1) is 21.7 Å². The van der Waals surface area contributed by atoms with E-state index in [4.69, 9.17) is 4.74 Å². The molecule has 0 aromatic carbocycles. The second-order valence-electron chi connectivity index (χ2n) is 14.0. The van der Waals surface area contributed by atoms with Gasteiger partial charge in [0.25, 0.3) is 5.79 Å². The van der Waals surface area contributed by atoms with E-state index in [1.807, 2.05) is 0 Å². The Balaban J connectivity index is 4.18. The van der Waals surface area contributed by atoms with Crippen molar-refractivity contribution in [1.29, 1.82) is 0 Å². The van der Waals surface area contributed by atoms with Gasteiger partial charge < -0.3 is 30.3 Å². The van der Waals surface area contributed by atoms with Crippen molar-refractivity contribution in [3.8, 4) is 0 Å². The van der Waals surface area contributed by atoms with Gasteiger partial charge >= 0.3 is 0 Å².